The summed E-state index contributed by atoms with van der Waals surface area (Å²) in [6, 6.07) is 4.99. The highest BCUT2D eigenvalue weighted by Crippen LogP contribution is 2.30. The lowest BCUT2D eigenvalue weighted by Crippen LogP contribution is -2.23. The first-order valence-electron chi connectivity index (χ1n) is 4.90. The third-order valence-electron chi connectivity index (χ3n) is 1.94. The number of carbonyl (C=O) groups excluding carboxylic acids is 1. The summed E-state index contributed by atoms with van der Waals surface area (Å²) in [7, 11) is 0. The molecule has 0 amide bonds. The lowest BCUT2D eigenvalue weighted by atomic mass is 10.1. The van der Waals surface area contributed by atoms with E-state index < -0.39 is 35.8 Å². The zero-order chi connectivity index (χ0) is 15.2. The van der Waals surface area contributed by atoms with E-state index in [0.717, 1.165) is 12.1 Å². The van der Waals surface area contributed by atoms with Crippen molar-refractivity contribution in [3.05, 3.63) is 35.4 Å². The van der Waals surface area contributed by atoms with E-state index in [-0.39, 0.29) is 11.1 Å². The minimum atomic E-state index is -3.68. The Kier molecular flexibility index (Phi) is 5.82. The second-order valence-corrected chi connectivity index (χ2v) is 4.19. The number of rotatable bonds is 7. The number of hydrogen-bond donors (Lipinski definition) is 2. The van der Waals surface area contributed by atoms with E-state index in [1.165, 1.54) is 12.1 Å². The molecule has 0 aliphatic rings. The predicted octanol–water partition coefficient (Wildman–Crippen LogP) is 2.20. The lowest BCUT2D eigenvalue weighted by molar-refractivity contribution is -0.433. The average molecular weight is 310 g/mol. The van der Waals surface area contributed by atoms with Crippen LogP contribution in [0.1, 0.15) is 20.7 Å². The van der Waals surface area contributed by atoms with Crippen molar-refractivity contribution in [3.8, 4) is 0 Å². The number of alkyl halides is 2. The fourth-order valence-electron chi connectivity index (χ4n) is 1.16. The quantitative estimate of drug-likeness (QED) is 0.342. The first-order chi connectivity index (χ1) is 9.37. The summed E-state index contributed by atoms with van der Waals surface area (Å²) in [6.07, 6.45) is 0. The summed E-state index contributed by atoms with van der Waals surface area (Å²) in [4.78, 5) is 22.4. The van der Waals surface area contributed by atoms with Crippen LogP contribution in [0, 0.1) is 0 Å². The normalized spacial score (nSPS) is 11.2. The van der Waals surface area contributed by atoms with Gasteiger partial charge < -0.3 is 9.84 Å². The third-order valence-corrected chi connectivity index (χ3v) is 2.43. The molecule has 0 bridgehead atoms. The molecule has 0 aliphatic heterocycles. The fraction of sp³-hybridized carbons (Fsp3) is 0.200. The third kappa shape index (κ3) is 4.74. The molecule has 0 atom stereocenters. The van der Waals surface area contributed by atoms with E-state index in [2.05, 4.69) is 14.1 Å². The smallest absolute Gasteiger partial charge is 0.354 e. The summed E-state index contributed by atoms with van der Waals surface area (Å²) >= 11 is -0.573. The summed E-state index contributed by atoms with van der Waals surface area (Å²) in [5.74, 6) is -2.62. The largest absolute Gasteiger partial charge is 0.478 e. The van der Waals surface area contributed by atoms with Gasteiger partial charge in [0, 0.05) is 0 Å². The highest BCUT2D eigenvalue weighted by Gasteiger charge is 2.35. The molecule has 2 N–H and O–H groups in total. The van der Waals surface area contributed by atoms with Crippen LogP contribution >= 0.6 is 12.0 Å². The zero-order valence-corrected chi connectivity index (χ0v) is 10.4. The first kappa shape index (κ1) is 16.3. The van der Waals surface area contributed by atoms with Crippen molar-refractivity contribution < 1.29 is 42.8 Å². The maximum atomic E-state index is 13.0. The number of carbonyl (C=O) groups is 2. The van der Waals surface area contributed by atoms with Crippen molar-refractivity contribution in [3.63, 3.8) is 0 Å². The minimum Gasteiger partial charge on any atom is -0.478 e. The predicted molar refractivity (Wildman–Crippen MR) is 61.0 cm³/mol. The Morgan fingerprint density at radius 2 is 1.85 bits per heavy atom. The van der Waals surface area contributed by atoms with Crippen LogP contribution in [0.2, 0.25) is 0 Å². The fourth-order valence-corrected chi connectivity index (χ4v) is 1.40. The van der Waals surface area contributed by atoms with E-state index >= 15 is 0 Å². The molecule has 0 heterocycles. The molecule has 0 aromatic heterocycles. The van der Waals surface area contributed by atoms with Crippen LogP contribution in [0.15, 0.2) is 24.3 Å². The summed E-state index contributed by atoms with van der Waals surface area (Å²) < 4.78 is 33.8. The molecule has 1 aromatic carbocycles. The van der Waals surface area contributed by atoms with Crippen molar-refractivity contribution in [2.75, 3.05) is 6.61 Å². The molecule has 0 aliphatic carbocycles. The molecule has 1 rings (SSSR count). The monoisotopic (exact) mass is 310 g/mol. The van der Waals surface area contributed by atoms with Gasteiger partial charge in [-0.05, 0) is 12.1 Å². The molecule has 10 heteroatoms. The van der Waals surface area contributed by atoms with Gasteiger partial charge in [0.15, 0.2) is 6.61 Å². The number of carboxylic acid groups (broad SMARTS) is 1. The van der Waals surface area contributed by atoms with E-state index in [0.29, 0.717) is 0 Å². The topological polar surface area (TPSA) is 102 Å². The molecule has 0 unspecified atom stereocenters. The Balaban J connectivity index is 2.70. The molecule has 1 aromatic rings. The van der Waals surface area contributed by atoms with Crippen molar-refractivity contribution in [1.29, 1.82) is 0 Å². The standard InChI is InChI=1S/C10H8F2O7S/c11-10(12,20-19-18-16)5-17-9(15)7-4-2-1-3-6(7)8(13)14/h1-4,16H,5H2,(H,13,14). The molecule has 0 spiro atoms. The molecule has 0 fully saturated rings. The minimum absolute atomic E-state index is 0.361. The van der Waals surface area contributed by atoms with E-state index in [1.54, 1.807) is 0 Å². The van der Waals surface area contributed by atoms with Crippen LogP contribution < -0.4 is 0 Å². The molecule has 0 saturated heterocycles. The molecule has 20 heavy (non-hydrogen) atoms. The highest BCUT2D eigenvalue weighted by molar-refractivity contribution is 7.95. The second kappa shape index (κ2) is 7.14. The number of halogens is 2. The molecule has 0 radical (unpaired) electrons. The van der Waals surface area contributed by atoms with Crippen LogP contribution in [-0.4, -0.2) is 34.2 Å². The van der Waals surface area contributed by atoms with Crippen molar-refractivity contribution in [1.82, 2.24) is 0 Å². The SMILES string of the molecule is O=C(O)c1ccccc1C(=O)OCC(F)(F)SOOO. The molecule has 0 saturated carbocycles. The maximum Gasteiger partial charge on any atom is 0.354 e. The Morgan fingerprint density at radius 3 is 2.40 bits per heavy atom. The van der Waals surface area contributed by atoms with E-state index in [4.69, 9.17) is 10.4 Å². The molecule has 7 nitrogen and oxygen atoms in total. The average Bonchev–Trinajstić information content (AvgIpc) is 2.42. The van der Waals surface area contributed by atoms with Gasteiger partial charge in [-0.1, -0.05) is 17.2 Å². The Hall–Kier alpha value is -1.75. The number of carboxylic acids is 1. The first-order valence-corrected chi connectivity index (χ1v) is 5.65. The van der Waals surface area contributed by atoms with Crippen LogP contribution in [0.25, 0.3) is 0 Å². The molecule has 110 valence electrons. The maximum absolute atomic E-state index is 13.0. The van der Waals surface area contributed by atoms with Gasteiger partial charge in [0.25, 0.3) is 0 Å². The van der Waals surface area contributed by atoms with Gasteiger partial charge in [-0.3, -0.25) is 0 Å². The van der Waals surface area contributed by atoms with Crippen LogP contribution in [0.3, 0.4) is 0 Å². The van der Waals surface area contributed by atoms with Crippen LogP contribution in [0.5, 0.6) is 0 Å². The van der Waals surface area contributed by atoms with Gasteiger partial charge in [0.05, 0.1) is 11.1 Å². The van der Waals surface area contributed by atoms with Gasteiger partial charge in [0.1, 0.15) is 12.0 Å². The molecular formula is C10H8F2O7S. The van der Waals surface area contributed by atoms with Gasteiger partial charge in [-0.15, -0.1) is 4.33 Å². The summed E-state index contributed by atoms with van der Waals surface area (Å²) in [5, 5.41) is 15.9. The summed E-state index contributed by atoms with van der Waals surface area (Å²) in [5.41, 5.74) is -0.733. The second-order valence-electron chi connectivity index (χ2n) is 3.29. The van der Waals surface area contributed by atoms with Gasteiger partial charge in [-0.25, -0.2) is 14.8 Å². The Bertz CT molecular complexity index is 494. The number of esters is 1. The van der Waals surface area contributed by atoms with E-state index in [1.807, 2.05) is 0 Å². The van der Waals surface area contributed by atoms with Crippen molar-refractivity contribution >= 4 is 24.0 Å². The lowest BCUT2D eigenvalue weighted by Gasteiger charge is -2.13. The van der Waals surface area contributed by atoms with Gasteiger partial charge in [-0.2, -0.15) is 8.78 Å². The number of hydrogen-bond acceptors (Lipinski definition) is 7. The van der Waals surface area contributed by atoms with Crippen LogP contribution in [-0.2, 0) is 14.1 Å². The molecular weight excluding hydrogens is 302 g/mol. The Labute approximate surface area is 115 Å². The number of benzene rings is 1. The number of aromatic carboxylic acids is 1. The highest BCUT2D eigenvalue weighted by atomic mass is 32.2. The van der Waals surface area contributed by atoms with Gasteiger partial charge in [0.2, 0.25) is 0 Å². The number of ether oxygens (including phenoxy) is 1. The Morgan fingerprint density at radius 1 is 1.25 bits per heavy atom. The zero-order valence-electron chi connectivity index (χ0n) is 9.62. The van der Waals surface area contributed by atoms with Crippen molar-refractivity contribution in [2.24, 2.45) is 0 Å². The van der Waals surface area contributed by atoms with Crippen molar-refractivity contribution in [2.45, 2.75) is 5.25 Å². The van der Waals surface area contributed by atoms with Crippen LogP contribution in [0.4, 0.5) is 8.78 Å². The van der Waals surface area contributed by atoms with E-state index in [9.17, 15) is 18.4 Å². The van der Waals surface area contributed by atoms with Gasteiger partial charge >= 0.3 is 17.2 Å². The summed E-state index contributed by atoms with van der Waals surface area (Å²) in [6.45, 7) is -1.40.